The molecule has 0 fully saturated rings. The summed E-state index contributed by atoms with van der Waals surface area (Å²) in [5.74, 6) is 0.826. The van der Waals surface area contributed by atoms with E-state index in [1.54, 1.807) is 12.3 Å². The van der Waals surface area contributed by atoms with Crippen LogP contribution >= 0.6 is 0 Å². The molecule has 1 aromatic heterocycles. The summed E-state index contributed by atoms with van der Waals surface area (Å²) in [6.45, 7) is 2.73. The fourth-order valence-corrected chi connectivity index (χ4v) is 3.22. The predicted molar refractivity (Wildman–Crippen MR) is 77.1 cm³/mol. The van der Waals surface area contributed by atoms with E-state index in [4.69, 9.17) is 0 Å². The molecule has 0 aliphatic carbocycles. The second-order valence-corrected chi connectivity index (χ2v) is 7.20. The van der Waals surface area contributed by atoms with Crippen molar-refractivity contribution in [2.45, 2.75) is 18.2 Å². The monoisotopic (exact) mass is 305 g/mol. The Labute approximate surface area is 116 Å². The Hall–Kier alpha value is -0.990. The standard InChI is InChI=1S/C11H19N3O3S2/c1-3-12-11-10(6-4-7-13-11)19(16,17)14-8-5-9-18(2)15/h4,6-7,14H,3,5,8-9H2,1-2H3,(H,12,13). The molecule has 0 bridgehead atoms. The summed E-state index contributed by atoms with van der Waals surface area (Å²) < 4.78 is 37.6. The third kappa shape index (κ3) is 5.25. The second kappa shape index (κ2) is 7.56. The molecule has 0 aliphatic heterocycles. The Morgan fingerprint density at radius 2 is 2.16 bits per heavy atom. The van der Waals surface area contributed by atoms with Gasteiger partial charge in [-0.2, -0.15) is 0 Å². The third-order valence-electron chi connectivity index (χ3n) is 2.31. The van der Waals surface area contributed by atoms with Crippen molar-refractivity contribution in [2.75, 3.05) is 30.4 Å². The molecule has 8 heteroatoms. The Bertz CT molecular complexity index is 532. The molecule has 1 rings (SSSR count). The van der Waals surface area contributed by atoms with Crippen LogP contribution in [0.1, 0.15) is 13.3 Å². The fourth-order valence-electron chi connectivity index (χ4n) is 1.47. The molecule has 0 aromatic carbocycles. The molecular weight excluding hydrogens is 286 g/mol. The first-order valence-electron chi connectivity index (χ1n) is 5.96. The molecule has 108 valence electrons. The molecule has 19 heavy (non-hydrogen) atoms. The normalized spacial score (nSPS) is 13.2. The average molecular weight is 305 g/mol. The Kier molecular flexibility index (Phi) is 6.40. The van der Waals surface area contributed by atoms with Gasteiger partial charge in [-0.05, 0) is 25.5 Å². The van der Waals surface area contributed by atoms with E-state index in [9.17, 15) is 12.6 Å². The molecule has 1 atom stereocenters. The summed E-state index contributed by atoms with van der Waals surface area (Å²) in [5, 5.41) is 2.91. The quantitative estimate of drug-likeness (QED) is 0.685. The molecule has 0 saturated heterocycles. The summed E-state index contributed by atoms with van der Waals surface area (Å²) in [6.07, 6.45) is 3.68. The molecule has 0 saturated carbocycles. The van der Waals surface area contributed by atoms with Gasteiger partial charge in [0.1, 0.15) is 10.7 Å². The van der Waals surface area contributed by atoms with E-state index in [0.717, 1.165) is 0 Å². The number of hydrogen-bond donors (Lipinski definition) is 2. The molecule has 1 heterocycles. The van der Waals surface area contributed by atoms with Crippen molar-refractivity contribution < 1.29 is 12.6 Å². The lowest BCUT2D eigenvalue weighted by Crippen LogP contribution is -2.26. The predicted octanol–water partition coefficient (Wildman–Crippen LogP) is 0.560. The lowest BCUT2D eigenvalue weighted by atomic mass is 10.4. The van der Waals surface area contributed by atoms with E-state index in [1.165, 1.54) is 12.3 Å². The highest BCUT2D eigenvalue weighted by Gasteiger charge is 2.18. The van der Waals surface area contributed by atoms with Crippen LogP contribution in [0.2, 0.25) is 0 Å². The minimum absolute atomic E-state index is 0.134. The van der Waals surface area contributed by atoms with Crippen molar-refractivity contribution in [2.24, 2.45) is 0 Å². The van der Waals surface area contributed by atoms with Crippen LogP contribution in [0.4, 0.5) is 5.82 Å². The van der Waals surface area contributed by atoms with Gasteiger partial charge < -0.3 is 5.32 Å². The zero-order valence-electron chi connectivity index (χ0n) is 11.0. The average Bonchev–Trinajstić information content (AvgIpc) is 2.35. The Balaban J connectivity index is 2.74. The van der Waals surface area contributed by atoms with Crippen LogP contribution in [0.5, 0.6) is 0 Å². The van der Waals surface area contributed by atoms with Crippen molar-refractivity contribution in [3.05, 3.63) is 18.3 Å². The van der Waals surface area contributed by atoms with Crippen LogP contribution in [-0.4, -0.2) is 42.7 Å². The van der Waals surface area contributed by atoms with Crippen molar-refractivity contribution >= 4 is 26.6 Å². The number of rotatable bonds is 8. The summed E-state index contributed by atoms with van der Waals surface area (Å²) in [5.41, 5.74) is 0. The number of nitrogens with one attached hydrogen (secondary N) is 2. The number of sulfonamides is 1. The minimum Gasteiger partial charge on any atom is -0.369 e. The Morgan fingerprint density at radius 1 is 1.42 bits per heavy atom. The first kappa shape index (κ1) is 16.1. The number of pyridine rings is 1. The van der Waals surface area contributed by atoms with Crippen molar-refractivity contribution in [3.8, 4) is 0 Å². The van der Waals surface area contributed by atoms with Crippen LogP contribution in [0, 0.1) is 0 Å². The zero-order chi connectivity index (χ0) is 14.3. The number of nitrogens with zero attached hydrogens (tertiary/aromatic N) is 1. The maximum absolute atomic E-state index is 12.1. The van der Waals surface area contributed by atoms with E-state index >= 15 is 0 Å². The molecule has 2 N–H and O–H groups in total. The van der Waals surface area contributed by atoms with Gasteiger partial charge in [0.05, 0.1) is 0 Å². The molecule has 1 aromatic rings. The van der Waals surface area contributed by atoms with Gasteiger partial charge in [-0.15, -0.1) is 0 Å². The van der Waals surface area contributed by atoms with Gasteiger partial charge in [-0.25, -0.2) is 18.1 Å². The summed E-state index contributed by atoms with van der Waals surface area (Å²) in [7, 11) is -4.49. The first-order valence-corrected chi connectivity index (χ1v) is 9.17. The van der Waals surface area contributed by atoms with Crippen molar-refractivity contribution in [1.29, 1.82) is 0 Å². The number of aromatic nitrogens is 1. The molecule has 0 amide bonds. The number of anilines is 1. The summed E-state index contributed by atoms with van der Waals surface area (Å²) in [6, 6.07) is 3.09. The fraction of sp³-hybridized carbons (Fsp3) is 0.545. The van der Waals surface area contributed by atoms with Gasteiger partial charge in [-0.1, -0.05) is 0 Å². The van der Waals surface area contributed by atoms with Crippen LogP contribution in [0.25, 0.3) is 0 Å². The Morgan fingerprint density at radius 3 is 2.79 bits per heavy atom. The lowest BCUT2D eigenvalue weighted by molar-refractivity contribution is 0.580. The maximum Gasteiger partial charge on any atom is 0.244 e. The highest BCUT2D eigenvalue weighted by atomic mass is 32.2. The first-order chi connectivity index (χ1) is 8.97. The van der Waals surface area contributed by atoms with Gasteiger partial charge in [0.25, 0.3) is 0 Å². The van der Waals surface area contributed by atoms with Gasteiger partial charge in [0.2, 0.25) is 10.0 Å². The van der Waals surface area contributed by atoms with Crippen LogP contribution in [0.3, 0.4) is 0 Å². The van der Waals surface area contributed by atoms with Crippen molar-refractivity contribution in [3.63, 3.8) is 0 Å². The van der Waals surface area contributed by atoms with E-state index in [0.29, 0.717) is 24.5 Å². The van der Waals surface area contributed by atoms with Crippen LogP contribution < -0.4 is 10.0 Å². The third-order valence-corrected chi connectivity index (χ3v) is 4.66. The van der Waals surface area contributed by atoms with Crippen LogP contribution in [-0.2, 0) is 20.8 Å². The van der Waals surface area contributed by atoms with E-state index in [-0.39, 0.29) is 11.4 Å². The number of hydrogen-bond acceptors (Lipinski definition) is 5. The maximum atomic E-state index is 12.1. The molecule has 6 nitrogen and oxygen atoms in total. The summed E-state index contributed by atoms with van der Waals surface area (Å²) in [4.78, 5) is 4.15. The summed E-state index contributed by atoms with van der Waals surface area (Å²) >= 11 is 0. The molecular formula is C11H19N3O3S2. The van der Waals surface area contributed by atoms with E-state index < -0.39 is 20.8 Å². The highest BCUT2D eigenvalue weighted by Crippen LogP contribution is 2.17. The van der Waals surface area contributed by atoms with Crippen LogP contribution in [0.15, 0.2) is 23.2 Å². The largest absolute Gasteiger partial charge is 0.369 e. The highest BCUT2D eigenvalue weighted by molar-refractivity contribution is 7.89. The SMILES string of the molecule is CCNc1ncccc1S(=O)(=O)NCCCS(C)=O. The van der Waals surface area contributed by atoms with Gasteiger partial charge in [0.15, 0.2) is 0 Å². The molecule has 0 radical (unpaired) electrons. The molecule has 0 aliphatic rings. The zero-order valence-corrected chi connectivity index (χ0v) is 12.7. The topological polar surface area (TPSA) is 88.2 Å². The van der Waals surface area contributed by atoms with E-state index in [1.807, 2.05) is 6.92 Å². The van der Waals surface area contributed by atoms with Gasteiger partial charge in [-0.3, -0.25) is 4.21 Å². The van der Waals surface area contributed by atoms with Gasteiger partial charge in [0, 0.05) is 42.1 Å². The smallest absolute Gasteiger partial charge is 0.244 e. The second-order valence-electron chi connectivity index (χ2n) is 3.91. The van der Waals surface area contributed by atoms with E-state index in [2.05, 4.69) is 15.0 Å². The molecule has 0 spiro atoms. The van der Waals surface area contributed by atoms with Crippen molar-refractivity contribution in [1.82, 2.24) is 9.71 Å². The molecule has 1 unspecified atom stereocenters. The minimum atomic E-state index is -3.59. The van der Waals surface area contributed by atoms with Gasteiger partial charge >= 0.3 is 0 Å². The lowest BCUT2D eigenvalue weighted by Gasteiger charge is -2.10.